The van der Waals surface area contributed by atoms with Gasteiger partial charge in [-0.15, -0.1) is 0 Å². The van der Waals surface area contributed by atoms with Crippen molar-refractivity contribution in [3.05, 3.63) is 53.9 Å². The molecule has 31 heavy (non-hydrogen) atoms. The second-order valence-corrected chi connectivity index (χ2v) is 8.29. The molecule has 0 unspecified atom stereocenters. The predicted octanol–water partition coefficient (Wildman–Crippen LogP) is 1.33. The fourth-order valence-corrected chi connectivity index (χ4v) is 4.53. The molecule has 2 fully saturated rings. The highest BCUT2D eigenvalue weighted by atomic mass is 16.3. The largest absolute Gasteiger partial charge is 0.395 e. The Morgan fingerprint density at radius 2 is 1.71 bits per heavy atom. The molecule has 2 heterocycles. The Morgan fingerprint density at radius 1 is 1.00 bits per heavy atom. The molecule has 1 aliphatic heterocycles. The van der Waals surface area contributed by atoms with Gasteiger partial charge in [0, 0.05) is 76.4 Å². The van der Waals surface area contributed by atoms with E-state index in [2.05, 4.69) is 20.1 Å². The summed E-state index contributed by atoms with van der Waals surface area (Å²) in [6.45, 7) is 6.37. The summed E-state index contributed by atoms with van der Waals surface area (Å²) in [6.07, 6.45) is 4.07. The van der Waals surface area contributed by atoms with Gasteiger partial charge < -0.3 is 10.4 Å². The highest BCUT2D eigenvalue weighted by molar-refractivity contribution is 6.22. The number of Topliss-reactive ketones (excluding diaryl/α,β-unsaturated/α-hetero) is 2. The van der Waals surface area contributed by atoms with E-state index in [1.165, 1.54) is 0 Å². The SMILES string of the molecule is O=C1CC(c2cccc3ncccc23)CC(=O)C1=CNCCN1CCN(CCO)CC1. The Morgan fingerprint density at radius 3 is 2.42 bits per heavy atom. The Balaban J connectivity index is 1.31. The van der Waals surface area contributed by atoms with Crippen molar-refractivity contribution in [2.24, 2.45) is 0 Å². The zero-order chi connectivity index (χ0) is 21.6. The van der Waals surface area contributed by atoms with E-state index in [1.807, 2.05) is 30.3 Å². The average molecular weight is 423 g/mol. The van der Waals surface area contributed by atoms with Crippen LogP contribution < -0.4 is 5.32 Å². The number of nitrogens with zero attached hydrogens (tertiary/aromatic N) is 3. The number of ketones is 2. The summed E-state index contributed by atoms with van der Waals surface area (Å²) < 4.78 is 0. The molecule has 7 heteroatoms. The minimum Gasteiger partial charge on any atom is -0.395 e. The molecule has 2 aliphatic rings. The van der Waals surface area contributed by atoms with Crippen molar-refractivity contribution in [2.45, 2.75) is 18.8 Å². The molecule has 0 amide bonds. The van der Waals surface area contributed by atoms with E-state index in [1.54, 1.807) is 12.4 Å². The van der Waals surface area contributed by atoms with Crippen LogP contribution in [0, 0.1) is 0 Å². The first-order valence-corrected chi connectivity index (χ1v) is 11.0. The first-order valence-electron chi connectivity index (χ1n) is 11.0. The van der Waals surface area contributed by atoms with Crippen molar-refractivity contribution in [1.29, 1.82) is 0 Å². The average Bonchev–Trinajstić information content (AvgIpc) is 2.79. The van der Waals surface area contributed by atoms with E-state index in [9.17, 15) is 9.59 Å². The van der Waals surface area contributed by atoms with Crippen molar-refractivity contribution < 1.29 is 14.7 Å². The van der Waals surface area contributed by atoms with E-state index in [0.29, 0.717) is 25.0 Å². The van der Waals surface area contributed by atoms with Gasteiger partial charge in [-0.1, -0.05) is 18.2 Å². The van der Waals surface area contributed by atoms with E-state index < -0.39 is 0 Å². The molecule has 1 aromatic heterocycles. The molecule has 0 radical (unpaired) electrons. The van der Waals surface area contributed by atoms with Crippen LogP contribution in [0.2, 0.25) is 0 Å². The monoisotopic (exact) mass is 422 g/mol. The van der Waals surface area contributed by atoms with Gasteiger partial charge in [-0.2, -0.15) is 0 Å². The van der Waals surface area contributed by atoms with Crippen molar-refractivity contribution in [3.8, 4) is 0 Å². The van der Waals surface area contributed by atoms with Crippen LogP contribution in [-0.2, 0) is 9.59 Å². The number of hydrogen-bond acceptors (Lipinski definition) is 7. The number of pyridine rings is 1. The summed E-state index contributed by atoms with van der Waals surface area (Å²) in [7, 11) is 0. The number of piperazine rings is 1. The van der Waals surface area contributed by atoms with Gasteiger partial charge in [-0.3, -0.25) is 24.4 Å². The molecule has 7 nitrogen and oxygen atoms in total. The number of carbonyl (C=O) groups is 2. The van der Waals surface area contributed by atoms with Crippen molar-refractivity contribution in [1.82, 2.24) is 20.1 Å². The number of aliphatic hydroxyl groups is 1. The van der Waals surface area contributed by atoms with Crippen molar-refractivity contribution in [3.63, 3.8) is 0 Å². The molecule has 164 valence electrons. The molecule has 0 bridgehead atoms. The molecular formula is C24H30N4O3. The van der Waals surface area contributed by atoms with E-state index in [4.69, 9.17) is 5.11 Å². The molecule has 2 aromatic rings. The third-order valence-corrected chi connectivity index (χ3v) is 6.28. The summed E-state index contributed by atoms with van der Waals surface area (Å²) in [6, 6.07) is 9.79. The molecule has 1 saturated carbocycles. The lowest BCUT2D eigenvalue weighted by atomic mass is 9.79. The van der Waals surface area contributed by atoms with Crippen molar-refractivity contribution in [2.75, 3.05) is 52.4 Å². The summed E-state index contributed by atoms with van der Waals surface area (Å²) in [5.41, 5.74) is 2.21. The second-order valence-electron chi connectivity index (χ2n) is 8.29. The van der Waals surface area contributed by atoms with Crippen LogP contribution in [0.25, 0.3) is 10.9 Å². The zero-order valence-corrected chi connectivity index (χ0v) is 17.8. The number of fused-ring (bicyclic) bond motifs is 1. The number of nitrogens with one attached hydrogen (secondary N) is 1. The van der Waals surface area contributed by atoms with Gasteiger partial charge in [0.1, 0.15) is 0 Å². The lowest BCUT2D eigenvalue weighted by Crippen LogP contribution is -2.48. The molecule has 2 N–H and O–H groups in total. The van der Waals surface area contributed by atoms with E-state index in [0.717, 1.165) is 55.7 Å². The lowest BCUT2D eigenvalue weighted by molar-refractivity contribution is -0.124. The molecule has 1 saturated heterocycles. The van der Waals surface area contributed by atoms with Crippen molar-refractivity contribution >= 4 is 22.5 Å². The van der Waals surface area contributed by atoms with Crippen LogP contribution in [-0.4, -0.2) is 83.9 Å². The van der Waals surface area contributed by atoms with Crippen LogP contribution in [0.1, 0.15) is 24.3 Å². The molecule has 0 atom stereocenters. The summed E-state index contributed by atoms with van der Waals surface area (Å²) >= 11 is 0. The molecule has 1 aromatic carbocycles. The zero-order valence-electron chi connectivity index (χ0n) is 17.8. The maximum atomic E-state index is 12.7. The Labute approximate surface area is 182 Å². The topological polar surface area (TPSA) is 85.8 Å². The fraction of sp³-hybridized carbons (Fsp3) is 0.458. The van der Waals surface area contributed by atoms with Crippen LogP contribution in [0.3, 0.4) is 0 Å². The third-order valence-electron chi connectivity index (χ3n) is 6.28. The summed E-state index contributed by atoms with van der Waals surface area (Å²) in [5, 5.41) is 13.2. The van der Waals surface area contributed by atoms with Gasteiger partial charge >= 0.3 is 0 Å². The number of aliphatic hydroxyl groups excluding tert-OH is 1. The number of hydrogen-bond donors (Lipinski definition) is 2. The normalized spacial score (nSPS) is 20.9. The predicted molar refractivity (Wildman–Crippen MR) is 120 cm³/mol. The van der Waals surface area contributed by atoms with E-state index >= 15 is 0 Å². The van der Waals surface area contributed by atoms with Crippen LogP contribution in [0.15, 0.2) is 48.3 Å². The minimum absolute atomic E-state index is 0.0905. The summed E-state index contributed by atoms with van der Waals surface area (Å²) in [4.78, 5) is 34.5. The van der Waals surface area contributed by atoms with Gasteiger partial charge in [-0.25, -0.2) is 0 Å². The first kappa shape index (κ1) is 21.6. The third kappa shape index (κ3) is 5.18. The molecule has 1 aliphatic carbocycles. The standard InChI is InChI=1S/C24H30N4O3/c29-14-13-28-11-9-27(10-12-28)8-7-25-17-21-23(30)15-18(16-24(21)31)19-3-1-5-22-20(19)4-2-6-26-22/h1-6,17-18,25,29H,7-16H2. The fourth-order valence-electron chi connectivity index (χ4n) is 4.53. The van der Waals surface area contributed by atoms with Gasteiger partial charge in [0.05, 0.1) is 17.7 Å². The Kier molecular flexibility index (Phi) is 7.06. The maximum Gasteiger partial charge on any atom is 0.168 e. The van der Waals surface area contributed by atoms with Crippen LogP contribution in [0.5, 0.6) is 0 Å². The number of β-amino-alcohol motifs (C(OH)–C–C–N with tert-alkyl or cyclic N) is 1. The smallest absolute Gasteiger partial charge is 0.168 e. The first-order chi connectivity index (χ1) is 15.2. The quantitative estimate of drug-likeness (QED) is 0.396. The Hall–Kier alpha value is -2.61. The second kappa shape index (κ2) is 10.1. The number of carbonyl (C=O) groups excluding carboxylic acids is 2. The molecule has 4 rings (SSSR count). The Bertz CT molecular complexity index is 941. The number of rotatable bonds is 7. The highest BCUT2D eigenvalue weighted by Gasteiger charge is 2.32. The number of aromatic nitrogens is 1. The summed E-state index contributed by atoms with van der Waals surface area (Å²) in [5.74, 6) is -0.278. The maximum absolute atomic E-state index is 12.7. The number of allylic oxidation sites excluding steroid dienone is 1. The van der Waals surface area contributed by atoms with E-state index in [-0.39, 0.29) is 24.1 Å². The van der Waals surface area contributed by atoms with Gasteiger partial charge in [0.15, 0.2) is 11.6 Å². The van der Waals surface area contributed by atoms with Gasteiger partial charge in [0.2, 0.25) is 0 Å². The van der Waals surface area contributed by atoms with Crippen LogP contribution >= 0.6 is 0 Å². The van der Waals surface area contributed by atoms with Gasteiger partial charge in [0.25, 0.3) is 0 Å². The molecule has 0 spiro atoms. The minimum atomic E-state index is -0.0970. The van der Waals surface area contributed by atoms with Crippen LogP contribution in [0.4, 0.5) is 0 Å². The number of benzene rings is 1. The lowest BCUT2D eigenvalue weighted by Gasteiger charge is -2.34. The highest BCUT2D eigenvalue weighted by Crippen LogP contribution is 2.34. The molecular weight excluding hydrogens is 392 g/mol. The van der Waals surface area contributed by atoms with Gasteiger partial charge in [-0.05, 0) is 23.6 Å².